The van der Waals surface area contributed by atoms with Crippen molar-refractivity contribution in [3.8, 4) is 5.75 Å². The van der Waals surface area contributed by atoms with Crippen molar-refractivity contribution >= 4 is 18.2 Å². The second-order valence-corrected chi connectivity index (χ2v) is 4.03. The van der Waals surface area contributed by atoms with Crippen LogP contribution in [0.4, 0.5) is 4.39 Å². The average Bonchev–Trinajstić information content (AvgIpc) is 2.74. The van der Waals surface area contributed by atoms with Crippen LogP contribution >= 0.6 is 0 Å². The highest BCUT2D eigenvalue weighted by Gasteiger charge is 2.54. The maximum Gasteiger partial charge on any atom is 0.250 e. The molecule has 0 bridgehead atoms. The molecule has 0 aromatic heterocycles. The van der Waals surface area contributed by atoms with Crippen LogP contribution in [0.5, 0.6) is 5.75 Å². The van der Waals surface area contributed by atoms with Crippen molar-refractivity contribution in [2.75, 3.05) is 0 Å². The Balaban J connectivity index is 2.72. The van der Waals surface area contributed by atoms with Gasteiger partial charge in [0.1, 0.15) is 11.6 Å². The summed E-state index contributed by atoms with van der Waals surface area (Å²) in [5, 5.41) is 12.2. The summed E-state index contributed by atoms with van der Waals surface area (Å²) in [6.45, 7) is 0. The lowest BCUT2D eigenvalue weighted by molar-refractivity contribution is -0.130. The molecule has 1 aromatic rings. The molecule has 2 amide bonds. The van der Waals surface area contributed by atoms with Crippen molar-refractivity contribution in [2.45, 2.75) is 11.6 Å². The number of nitrogens with one attached hydrogen (secondary N) is 1. The fourth-order valence-corrected chi connectivity index (χ4v) is 2.13. The number of hydrogen-bond donors (Lipinski definition) is 4. The van der Waals surface area contributed by atoms with Crippen molar-refractivity contribution in [3.63, 3.8) is 0 Å². The van der Waals surface area contributed by atoms with Gasteiger partial charge in [-0.1, -0.05) is 6.07 Å². The van der Waals surface area contributed by atoms with E-state index in [4.69, 9.17) is 11.5 Å². The summed E-state index contributed by atoms with van der Waals surface area (Å²) in [4.78, 5) is 26.8. The zero-order valence-electron chi connectivity index (χ0n) is 9.63. The standard InChI is InChI=1S/C11H11FN4O3/c12-5-2-1-3-6(17)7(5)11(10(14)19)8(9(13)18)15-4-16-11/h1-4,8,17H,(H2,13,18)(H2,14,19)(H,15,16). The molecule has 100 valence electrons. The molecule has 2 atom stereocenters. The third-order valence-corrected chi connectivity index (χ3v) is 2.97. The zero-order valence-corrected chi connectivity index (χ0v) is 9.63. The average molecular weight is 266 g/mol. The van der Waals surface area contributed by atoms with E-state index in [0.29, 0.717) is 0 Å². The van der Waals surface area contributed by atoms with Crippen LogP contribution in [-0.4, -0.2) is 29.3 Å². The number of rotatable bonds is 3. The number of carbonyl (C=O) groups is 2. The fraction of sp³-hybridized carbons (Fsp3) is 0.182. The SMILES string of the molecule is NC(=O)C1N=CNC1(C(N)=O)c1c(O)cccc1F. The van der Waals surface area contributed by atoms with E-state index in [-0.39, 0.29) is 0 Å². The molecule has 0 aliphatic carbocycles. The molecule has 0 saturated carbocycles. The lowest BCUT2D eigenvalue weighted by atomic mass is 9.81. The number of carbonyl (C=O) groups excluding carboxylic acids is 2. The number of phenols is 1. The van der Waals surface area contributed by atoms with Gasteiger partial charge in [-0.15, -0.1) is 0 Å². The molecule has 19 heavy (non-hydrogen) atoms. The van der Waals surface area contributed by atoms with E-state index in [1.807, 2.05) is 0 Å². The smallest absolute Gasteiger partial charge is 0.250 e. The quantitative estimate of drug-likeness (QED) is 0.541. The van der Waals surface area contributed by atoms with Crippen LogP contribution in [0.2, 0.25) is 0 Å². The van der Waals surface area contributed by atoms with Gasteiger partial charge in [0.2, 0.25) is 5.91 Å². The predicted octanol–water partition coefficient (Wildman–Crippen LogP) is -1.30. The van der Waals surface area contributed by atoms with Gasteiger partial charge in [-0.05, 0) is 12.1 Å². The normalized spacial score (nSPS) is 25.0. The summed E-state index contributed by atoms with van der Waals surface area (Å²) >= 11 is 0. The predicted molar refractivity (Wildman–Crippen MR) is 63.5 cm³/mol. The van der Waals surface area contributed by atoms with Crippen LogP contribution in [0.3, 0.4) is 0 Å². The lowest BCUT2D eigenvalue weighted by Crippen LogP contribution is -2.59. The van der Waals surface area contributed by atoms with Gasteiger partial charge >= 0.3 is 0 Å². The number of phenolic OH excluding ortho intramolecular Hbond substituents is 1. The fourth-order valence-electron chi connectivity index (χ4n) is 2.13. The molecule has 0 fully saturated rings. The second kappa shape index (κ2) is 4.23. The third kappa shape index (κ3) is 1.68. The van der Waals surface area contributed by atoms with E-state index in [0.717, 1.165) is 12.4 Å². The minimum Gasteiger partial charge on any atom is -0.507 e. The molecule has 7 nitrogen and oxygen atoms in total. The first-order valence-electron chi connectivity index (χ1n) is 5.27. The zero-order chi connectivity index (χ0) is 14.2. The Hall–Kier alpha value is -2.64. The molecule has 2 rings (SSSR count). The van der Waals surface area contributed by atoms with E-state index < -0.39 is 40.5 Å². The number of aromatic hydroxyl groups is 1. The Morgan fingerprint density at radius 2 is 2.11 bits per heavy atom. The van der Waals surface area contributed by atoms with Gasteiger partial charge < -0.3 is 21.9 Å². The number of amides is 2. The van der Waals surface area contributed by atoms with Crippen molar-refractivity contribution in [2.24, 2.45) is 16.5 Å². The Morgan fingerprint density at radius 3 is 2.63 bits per heavy atom. The first-order valence-corrected chi connectivity index (χ1v) is 5.27. The third-order valence-electron chi connectivity index (χ3n) is 2.97. The topological polar surface area (TPSA) is 131 Å². The summed E-state index contributed by atoms with van der Waals surface area (Å²) in [6.07, 6.45) is 1.03. The molecular weight excluding hydrogens is 255 g/mol. The van der Waals surface area contributed by atoms with Gasteiger partial charge in [0.15, 0.2) is 11.6 Å². The maximum atomic E-state index is 13.9. The molecule has 0 radical (unpaired) electrons. The highest BCUT2D eigenvalue weighted by atomic mass is 19.1. The maximum absolute atomic E-state index is 13.9. The van der Waals surface area contributed by atoms with Crippen molar-refractivity contribution < 1.29 is 19.1 Å². The van der Waals surface area contributed by atoms with Gasteiger partial charge in [0, 0.05) is 0 Å². The Kier molecular flexibility index (Phi) is 2.85. The first-order chi connectivity index (χ1) is 8.91. The summed E-state index contributed by atoms with van der Waals surface area (Å²) < 4.78 is 13.9. The molecule has 8 heteroatoms. The summed E-state index contributed by atoms with van der Waals surface area (Å²) in [6, 6.07) is 2.00. The molecule has 0 saturated heterocycles. The van der Waals surface area contributed by atoms with Crippen LogP contribution in [0, 0.1) is 5.82 Å². The van der Waals surface area contributed by atoms with E-state index >= 15 is 0 Å². The van der Waals surface area contributed by atoms with Gasteiger partial charge in [-0.2, -0.15) is 0 Å². The molecule has 1 aromatic carbocycles. The molecule has 6 N–H and O–H groups in total. The number of nitrogens with zero attached hydrogens (tertiary/aromatic N) is 1. The largest absolute Gasteiger partial charge is 0.507 e. The number of aliphatic imine (C=N–C) groups is 1. The van der Waals surface area contributed by atoms with E-state index in [1.54, 1.807) is 0 Å². The van der Waals surface area contributed by atoms with Crippen LogP contribution in [0.1, 0.15) is 5.56 Å². The van der Waals surface area contributed by atoms with Crippen molar-refractivity contribution in [1.82, 2.24) is 5.32 Å². The number of primary amides is 2. The van der Waals surface area contributed by atoms with Crippen LogP contribution in [0.25, 0.3) is 0 Å². The van der Waals surface area contributed by atoms with Crippen LogP contribution < -0.4 is 16.8 Å². The number of halogens is 1. The van der Waals surface area contributed by atoms with E-state index in [9.17, 15) is 19.1 Å². The van der Waals surface area contributed by atoms with Gasteiger partial charge in [-0.3, -0.25) is 14.6 Å². The second-order valence-electron chi connectivity index (χ2n) is 4.03. The highest BCUT2D eigenvalue weighted by molar-refractivity contribution is 6.00. The molecule has 2 unspecified atom stereocenters. The summed E-state index contributed by atoms with van der Waals surface area (Å²) in [5.74, 6) is -3.47. The van der Waals surface area contributed by atoms with Crippen molar-refractivity contribution in [3.05, 3.63) is 29.6 Å². The van der Waals surface area contributed by atoms with Gasteiger partial charge in [-0.25, -0.2) is 4.39 Å². The first kappa shape index (κ1) is 12.8. The molecule has 0 spiro atoms. The highest BCUT2D eigenvalue weighted by Crippen LogP contribution is 2.37. The Morgan fingerprint density at radius 1 is 1.42 bits per heavy atom. The molecule has 1 heterocycles. The van der Waals surface area contributed by atoms with Gasteiger partial charge in [0.25, 0.3) is 5.91 Å². The van der Waals surface area contributed by atoms with E-state index in [1.165, 1.54) is 12.1 Å². The summed E-state index contributed by atoms with van der Waals surface area (Å²) in [7, 11) is 0. The van der Waals surface area contributed by atoms with Gasteiger partial charge in [0.05, 0.1) is 11.9 Å². The van der Waals surface area contributed by atoms with E-state index in [2.05, 4.69) is 10.3 Å². The van der Waals surface area contributed by atoms with Crippen LogP contribution in [0.15, 0.2) is 23.2 Å². The Bertz CT molecular complexity index is 569. The monoisotopic (exact) mass is 266 g/mol. The Labute approximate surface area is 107 Å². The number of benzene rings is 1. The van der Waals surface area contributed by atoms with Crippen LogP contribution in [-0.2, 0) is 15.1 Å². The lowest BCUT2D eigenvalue weighted by Gasteiger charge is -2.30. The summed E-state index contributed by atoms with van der Waals surface area (Å²) in [5.41, 5.74) is 7.93. The molecule has 1 aliphatic heterocycles. The molecule has 1 aliphatic rings. The minimum absolute atomic E-state index is 0.455. The molecular formula is C11H11FN4O3. The number of nitrogens with two attached hydrogens (primary N) is 2. The minimum atomic E-state index is -2.03. The van der Waals surface area contributed by atoms with Crippen molar-refractivity contribution in [1.29, 1.82) is 0 Å². The number of hydrogen-bond acceptors (Lipinski definition) is 5.